The Balaban J connectivity index is 2.50. The number of carboxylic acid groups (broad SMARTS) is 1. The molecule has 5 nitrogen and oxygen atoms in total. The number of nitrogens with one attached hydrogen (secondary N) is 1. The van der Waals surface area contributed by atoms with E-state index in [1.807, 2.05) is 20.8 Å². The summed E-state index contributed by atoms with van der Waals surface area (Å²) in [5.74, 6) is -0.814. The van der Waals surface area contributed by atoms with Crippen molar-refractivity contribution in [1.82, 2.24) is 5.32 Å². The highest BCUT2D eigenvalue weighted by Gasteiger charge is 2.32. The molecule has 0 bridgehead atoms. The highest BCUT2D eigenvalue weighted by Crippen LogP contribution is 2.31. The molecule has 1 atom stereocenters. The molecule has 2 N–H and O–H groups in total. The monoisotopic (exact) mass is 271 g/mol. The minimum atomic E-state index is -1.01. The van der Waals surface area contributed by atoms with Crippen LogP contribution in [-0.4, -0.2) is 28.8 Å². The average molecular weight is 271 g/mol. The highest BCUT2D eigenvalue weighted by molar-refractivity contribution is 5.80. The molecule has 1 aliphatic carbocycles. The third-order valence-electron chi connectivity index (χ3n) is 3.55. The van der Waals surface area contributed by atoms with Gasteiger partial charge in [-0.2, -0.15) is 0 Å². The summed E-state index contributed by atoms with van der Waals surface area (Å²) in [5, 5.41) is 11.5. The quantitative estimate of drug-likeness (QED) is 0.806. The minimum absolute atomic E-state index is 0.201. The normalized spacial score (nSPS) is 19.8. The first-order valence-corrected chi connectivity index (χ1v) is 7.05. The molecule has 0 saturated heterocycles. The van der Waals surface area contributed by atoms with Crippen molar-refractivity contribution in [3.8, 4) is 0 Å². The van der Waals surface area contributed by atoms with Gasteiger partial charge in [0.15, 0.2) is 0 Å². The summed E-state index contributed by atoms with van der Waals surface area (Å²) in [6, 6.07) is -0.875. The Morgan fingerprint density at radius 1 is 1.26 bits per heavy atom. The fourth-order valence-corrected chi connectivity index (χ4v) is 2.49. The molecule has 1 rings (SSSR count). The second-order valence-electron chi connectivity index (χ2n) is 6.06. The predicted molar refractivity (Wildman–Crippen MR) is 72.0 cm³/mol. The van der Waals surface area contributed by atoms with Crippen LogP contribution in [0.2, 0.25) is 0 Å². The predicted octanol–water partition coefficient (Wildman–Crippen LogP) is 2.93. The lowest BCUT2D eigenvalue weighted by molar-refractivity contribution is -0.140. The molecular weight excluding hydrogens is 246 g/mol. The maximum atomic E-state index is 11.8. The van der Waals surface area contributed by atoms with E-state index in [2.05, 4.69) is 5.32 Å². The zero-order valence-corrected chi connectivity index (χ0v) is 12.1. The van der Waals surface area contributed by atoms with E-state index in [-0.39, 0.29) is 5.92 Å². The zero-order valence-electron chi connectivity index (χ0n) is 12.1. The molecule has 1 amide bonds. The van der Waals surface area contributed by atoms with Crippen LogP contribution in [0.5, 0.6) is 0 Å². The Labute approximate surface area is 114 Å². The van der Waals surface area contributed by atoms with Crippen molar-refractivity contribution in [2.24, 2.45) is 5.92 Å². The number of hydrogen-bond acceptors (Lipinski definition) is 3. The Morgan fingerprint density at radius 2 is 1.84 bits per heavy atom. The van der Waals surface area contributed by atoms with Gasteiger partial charge in [0.1, 0.15) is 11.6 Å². The van der Waals surface area contributed by atoms with E-state index in [9.17, 15) is 9.59 Å². The summed E-state index contributed by atoms with van der Waals surface area (Å²) in [4.78, 5) is 22.9. The van der Waals surface area contributed by atoms with Crippen molar-refractivity contribution >= 4 is 12.1 Å². The minimum Gasteiger partial charge on any atom is -0.480 e. The first-order chi connectivity index (χ1) is 8.82. The molecule has 1 saturated carbocycles. The molecule has 0 heterocycles. The average Bonchev–Trinajstić information content (AvgIpc) is 2.27. The summed E-state index contributed by atoms with van der Waals surface area (Å²) in [6.45, 7) is 5.76. The largest absolute Gasteiger partial charge is 0.480 e. The molecule has 0 aliphatic heterocycles. The lowest BCUT2D eigenvalue weighted by Crippen LogP contribution is -2.45. The smallest absolute Gasteiger partial charge is 0.408 e. The molecule has 110 valence electrons. The first kappa shape index (κ1) is 15.8. The lowest BCUT2D eigenvalue weighted by Gasteiger charge is -2.33. The van der Waals surface area contributed by atoms with E-state index in [4.69, 9.17) is 9.84 Å². The van der Waals surface area contributed by atoms with Crippen LogP contribution >= 0.6 is 0 Å². The molecule has 5 heteroatoms. The van der Waals surface area contributed by atoms with Crippen LogP contribution in [0.1, 0.15) is 59.3 Å². The molecule has 0 aromatic heterocycles. The molecule has 0 aromatic carbocycles. The van der Waals surface area contributed by atoms with Crippen LogP contribution in [0.25, 0.3) is 0 Å². The van der Waals surface area contributed by atoms with Crippen LogP contribution < -0.4 is 5.32 Å². The maximum absolute atomic E-state index is 11.8. The lowest BCUT2D eigenvalue weighted by atomic mass is 9.86. The standard InChI is InChI=1S/C14H25NO4/c1-10(2)9-11(12(16)17)15-13(18)19-14(3)7-5-4-6-8-14/h10-11H,4-9H2,1-3H3,(H,15,18)(H,16,17). The summed E-state index contributed by atoms with van der Waals surface area (Å²) in [7, 11) is 0. The molecular formula is C14H25NO4. The second kappa shape index (κ2) is 6.78. The van der Waals surface area contributed by atoms with Crippen LogP contribution in [0, 0.1) is 5.92 Å². The van der Waals surface area contributed by atoms with Gasteiger partial charge in [-0.3, -0.25) is 0 Å². The van der Waals surface area contributed by atoms with Crippen molar-refractivity contribution in [2.45, 2.75) is 70.9 Å². The SMILES string of the molecule is CC(C)CC(NC(=O)OC1(C)CCCCC1)C(=O)O. The fourth-order valence-electron chi connectivity index (χ4n) is 2.49. The third-order valence-corrected chi connectivity index (χ3v) is 3.55. The second-order valence-corrected chi connectivity index (χ2v) is 6.06. The summed E-state index contributed by atoms with van der Waals surface area (Å²) >= 11 is 0. The number of carboxylic acids is 1. The number of amides is 1. The number of hydrogen-bond donors (Lipinski definition) is 2. The van der Waals surface area contributed by atoms with E-state index >= 15 is 0 Å². The highest BCUT2D eigenvalue weighted by atomic mass is 16.6. The van der Waals surface area contributed by atoms with E-state index < -0.39 is 23.7 Å². The molecule has 0 radical (unpaired) electrons. The van der Waals surface area contributed by atoms with E-state index in [1.165, 1.54) is 6.42 Å². The van der Waals surface area contributed by atoms with Gasteiger partial charge in [-0.05, 0) is 44.9 Å². The summed E-state index contributed by atoms with van der Waals surface area (Å²) in [5.41, 5.74) is -0.441. The third kappa shape index (κ3) is 5.49. The van der Waals surface area contributed by atoms with Crippen molar-refractivity contribution in [3.05, 3.63) is 0 Å². The van der Waals surface area contributed by atoms with Crippen molar-refractivity contribution < 1.29 is 19.4 Å². The van der Waals surface area contributed by atoms with E-state index in [0.717, 1.165) is 25.7 Å². The molecule has 1 unspecified atom stereocenters. The van der Waals surface area contributed by atoms with Gasteiger partial charge in [0.05, 0.1) is 0 Å². The molecule has 1 fully saturated rings. The Bertz CT molecular complexity index is 321. The van der Waals surface area contributed by atoms with E-state index in [0.29, 0.717) is 6.42 Å². The van der Waals surface area contributed by atoms with Gasteiger partial charge in [-0.15, -0.1) is 0 Å². The summed E-state index contributed by atoms with van der Waals surface area (Å²) < 4.78 is 5.43. The zero-order chi connectivity index (χ0) is 14.5. The molecule has 0 spiro atoms. The Hall–Kier alpha value is -1.26. The van der Waals surface area contributed by atoms with Crippen LogP contribution in [-0.2, 0) is 9.53 Å². The Morgan fingerprint density at radius 3 is 2.32 bits per heavy atom. The number of aliphatic carboxylic acids is 1. The molecule has 19 heavy (non-hydrogen) atoms. The van der Waals surface area contributed by atoms with Gasteiger partial charge in [0.2, 0.25) is 0 Å². The maximum Gasteiger partial charge on any atom is 0.408 e. The van der Waals surface area contributed by atoms with Crippen molar-refractivity contribution in [2.75, 3.05) is 0 Å². The number of carbonyl (C=O) groups is 2. The molecule has 1 aliphatic rings. The number of alkyl carbamates (subject to hydrolysis) is 1. The van der Waals surface area contributed by atoms with E-state index in [1.54, 1.807) is 0 Å². The van der Waals surface area contributed by atoms with Gasteiger partial charge in [0.25, 0.3) is 0 Å². The van der Waals surface area contributed by atoms with Crippen LogP contribution in [0.4, 0.5) is 4.79 Å². The van der Waals surface area contributed by atoms with Crippen LogP contribution in [0.3, 0.4) is 0 Å². The topological polar surface area (TPSA) is 75.6 Å². The number of rotatable bonds is 5. The van der Waals surface area contributed by atoms with Gasteiger partial charge < -0.3 is 15.2 Å². The van der Waals surface area contributed by atoms with Crippen molar-refractivity contribution in [3.63, 3.8) is 0 Å². The first-order valence-electron chi connectivity index (χ1n) is 7.05. The fraction of sp³-hybridized carbons (Fsp3) is 0.857. The van der Waals surface area contributed by atoms with Gasteiger partial charge in [-0.25, -0.2) is 9.59 Å². The number of carbonyl (C=O) groups excluding carboxylic acids is 1. The van der Waals surface area contributed by atoms with Gasteiger partial charge in [-0.1, -0.05) is 20.3 Å². The Kier molecular flexibility index (Phi) is 5.63. The number of ether oxygens (including phenoxy) is 1. The van der Waals surface area contributed by atoms with Crippen LogP contribution in [0.15, 0.2) is 0 Å². The van der Waals surface area contributed by atoms with Crippen molar-refractivity contribution in [1.29, 1.82) is 0 Å². The van der Waals surface area contributed by atoms with Gasteiger partial charge in [0, 0.05) is 0 Å². The molecule has 0 aromatic rings. The summed E-state index contributed by atoms with van der Waals surface area (Å²) in [6.07, 6.45) is 4.77. The van der Waals surface area contributed by atoms with Gasteiger partial charge >= 0.3 is 12.1 Å².